The summed E-state index contributed by atoms with van der Waals surface area (Å²) in [6.07, 6.45) is 4.64. The summed E-state index contributed by atoms with van der Waals surface area (Å²) >= 11 is 0. The first-order valence-corrected chi connectivity index (χ1v) is 9.50. The van der Waals surface area contributed by atoms with Crippen LogP contribution >= 0.6 is 12.4 Å². The summed E-state index contributed by atoms with van der Waals surface area (Å²) in [5.74, 6) is -0.240. The molecule has 3 rings (SSSR count). The van der Waals surface area contributed by atoms with Crippen LogP contribution in [0.4, 0.5) is 5.69 Å². The normalized spacial score (nSPS) is 15.2. The lowest BCUT2D eigenvalue weighted by Crippen LogP contribution is -2.54. The Labute approximate surface area is 172 Å². The molecule has 0 radical (unpaired) electrons. The number of halogens is 1. The van der Waals surface area contributed by atoms with Gasteiger partial charge in [-0.25, -0.2) is 0 Å². The fourth-order valence-corrected chi connectivity index (χ4v) is 3.44. The predicted molar refractivity (Wildman–Crippen MR) is 115 cm³/mol. The van der Waals surface area contributed by atoms with Crippen molar-refractivity contribution in [3.05, 3.63) is 65.2 Å². The van der Waals surface area contributed by atoms with E-state index in [4.69, 9.17) is 5.73 Å². The Balaban J connectivity index is 0.00000280. The zero-order chi connectivity index (χ0) is 19.3. The van der Waals surface area contributed by atoms with Gasteiger partial charge < -0.3 is 16.4 Å². The summed E-state index contributed by atoms with van der Waals surface area (Å²) in [5.41, 5.74) is 8.87. The Morgan fingerprint density at radius 3 is 2.39 bits per heavy atom. The van der Waals surface area contributed by atoms with E-state index < -0.39 is 5.54 Å². The van der Waals surface area contributed by atoms with E-state index in [1.54, 1.807) is 12.1 Å². The van der Waals surface area contributed by atoms with Gasteiger partial charge in [0.05, 0.1) is 5.54 Å². The molecule has 0 spiro atoms. The zero-order valence-corrected chi connectivity index (χ0v) is 17.0. The maximum absolute atomic E-state index is 12.5. The molecule has 0 unspecified atom stereocenters. The summed E-state index contributed by atoms with van der Waals surface area (Å²) in [6.45, 7) is 2.38. The van der Waals surface area contributed by atoms with Crippen LogP contribution in [0.3, 0.4) is 0 Å². The third kappa shape index (κ3) is 5.57. The summed E-state index contributed by atoms with van der Waals surface area (Å²) in [4.78, 5) is 24.8. The predicted octanol–water partition coefficient (Wildman–Crippen LogP) is 3.95. The van der Waals surface area contributed by atoms with Crippen LogP contribution in [0.2, 0.25) is 0 Å². The van der Waals surface area contributed by atoms with E-state index in [0.29, 0.717) is 17.8 Å². The van der Waals surface area contributed by atoms with Gasteiger partial charge in [0.2, 0.25) is 5.91 Å². The molecule has 0 aliphatic heterocycles. The molecule has 28 heavy (non-hydrogen) atoms. The quantitative estimate of drug-likeness (QED) is 0.709. The van der Waals surface area contributed by atoms with E-state index >= 15 is 0 Å². The molecule has 6 heteroatoms. The minimum atomic E-state index is -0.741. The number of nitrogens with one attached hydrogen (secondary N) is 2. The van der Waals surface area contributed by atoms with Crippen LogP contribution in [-0.2, 0) is 11.3 Å². The first-order valence-electron chi connectivity index (χ1n) is 9.50. The number of nitrogens with two attached hydrogens (primary N) is 1. The molecule has 0 saturated heterocycles. The van der Waals surface area contributed by atoms with E-state index in [-0.39, 0.29) is 24.2 Å². The first kappa shape index (κ1) is 21.9. The van der Waals surface area contributed by atoms with E-state index in [2.05, 4.69) is 10.6 Å². The molecule has 0 atom stereocenters. The van der Waals surface area contributed by atoms with Crippen molar-refractivity contribution in [2.45, 2.75) is 51.1 Å². The topological polar surface area (TPSA) is 84.2 Å². The molecule has 1 fully saturated rings. The molecular formula is C22H28ClN3O2. The van der Waals surface area contributed by atoms with Gasteiger partial charge >= 0.3 is 0 Å². The third-order valence-electron chi connectivity index (χ3n) is 5.15. The molecule has 1 aliphatic rings. The molecule has 2 amide bonds. The maximum atomic E-state index is 12.5. The van der Waals surface area contributed by atoms with Crippen molar-refractivity contribution in [1.82, 2.24) is 5.32 Å². The van der Waals surface area contributed by atoms with E-state index in [0.717, 1.165) is 43.2 Å². The molecule has 0 bridgehead atoms. The highest BCUT2D eigenvalue weighted by molar-refractivity contribution is 6.04. The van der Waals surface area contributed by atoms with Crippen LogP contribution in [0.15, 0.2) is 48.5 Å². The number of carbonyl (C=O) groups is 2. The van der Waals surface area contributed by atoms with Gasteiger partial charge in [0.15, 0.2) is 0 Å². The van der Waals surface area contributed by atoms with Gasteiger partial charge in [0, 0.05) is 17.8 Å². The minimum Gasteiger partial charge on any atom is -0.350 e. The highest BCUT2D eigenvalue weighted by Crippen LogP contribution is 2.26. The summed E-state index contributed by atoms with van der Waals surface area (Å²) in [7, 11) is 0. The maximum Gasteiger partial charge on any atom is 0.255 e. The van der Waals surface area contributed by atoms with Crippen molar-refractivity contribution in [2.75, 3.05) is 5.32 Å². The molecule has 4 N–H and O–H groups in total. The second-order valence-corrected chi connectivity index (χ2v) is 7.42. The van der Waals surface area contributed by atoms with Crippen molar-refractivity contribution < 1.29 is 9.59 Å². The molecular weight excluding hydrogens is 374 g/mol. The second kappa shape index (κ2) is 9.71. The van der Waals surface area contributed by atoms with Gasteiger partial charge in [0.1, 0.15) is 0 Å². The van der Waals surface area contributed by atoms with Gasteiger partial charge in [-0.1, -0.05) is 49.1 Å². The third-order valence-corrected chi connectivity index (χ3v) is 5.15. The Morgan fingerprint density at radius 2 is 1.71 bits per heavy atom. The minimum absolute atomic E-state index is 0. The molecule has 0 aromatic heterocycles. The second-order valence-electron chi connectivity index (χ2n) is 7.42. The van der Waals surface area contributed by atoms with E-state index in [9.17, 15) is 9.59 Å². The lowest BCUT2D eigenvalue weighted by molar-refractivity contribution is -0.127. The van der Waals surface area contributed by atoms with Gasteiger partial charge in [-0.05, 0) is 49.6 Å². The number of hydrogen-bond acceptors (Lipinski definition) is 3. The summed E-state index contributed by atoms with van der Waals surface area (Å²) in [5, 5.41) is 5.85. The molecule has 0 heterocycles. The average molecular weight is 402 g/mol. The van der Waals surface area contributed by atoms with Crippen molar-refractivity contribution in [3.8, 4) is 0 Å². The Bertz CT molecular complexity index is 815. The average Bonchev–Trinajstić information content (AvgIpc) is 2.67. The van der Waals surface area contributed by atoms with Crippen LogP contribution in [0, 0.1) is 6.92 Å². The Morgan fingerprint density at radius 1 is 1.04 bits per heavy atom. The first-order chi connectivity index (χ1) is 13.0. The van der Waals surface area contributed by atoms with Crippen LogP contribution in [0.25, 0.3) is 0 Å². The van der Waals surface area contributed by atoms with Gasteiger partial charge in [-0.15, -0.1) is 12.4 Å². The summed E-state index contributed by atoms with van der Waals surface area (Å²) < 4.78 is 0. The van der Waals surface area contributed by atoms with Crippen molar-refractivity contribution in [3.63, 3.8) is 0 Å². The number of anilines is 1. The highest BCUT2D eigenvalue weighted by Gasteiger charge is 2.34. The van der Waals surface area contributed by atoms with Crippen LogP contribution in [0.5, 0.6) is 0 Å². The van der Waals surface area contributed by atoms with Crippen LogP contribution in [0.1, 0.15) is 53.6 Å². The largest absolute Gasteiger partial charge is 0.350 e. The fraction of sp³-hybridized carbons (Fsp3) is 0.364. The highest BCUT2D eigenvalue weighted by atomic mass is 35.5. The number of carbonyl (C=O) groups excluding carboxylic acids is 2. The Hall–Kier alpha value is -2.37. The molecule has 5 nitrogen and oxygen atoms in total. The number of benzene rings is 2. The molecule has 2 aromatic carbocycles. The number of amides is 2. The zero-order valence-electron chi connectivity index (χ0n) is 16.2. The SMILES string of the molecule is Cc1ccc(C(=O)Nc2cccc(CNC(=O)C3(N)CCCCC3)c2)cc1.Cl. The monoisotopic (exact) mass is 401 g/mol. The smallest absolute Gasteiger partial charge is 0.255 e. The van der Waals surface area contributed by atoms with E-state index in [1.807, 2.05) is 43.3 Å². The number of rotatable bonds is 5. The van der Waals surface area contributed by atoms with Crippen LogP contribution < -0.4 is 16.4 Å². The van der Waals surface area contributed by atoms with Crippen LogP contribution in [-0.4, -0.2) is 17.4 Å². The molecule has 1 saturated carbocycles. The van der Waals surface area contributed by atoms with Crippen molar-refractivity contribution in [2.24, 2.45) is 5.73 Å². The standard InChI is InChI=1S/C22H27N3O2.ClH/c1-16-8-10-18(11-9-16)20(26)25-19-7-5-6-17(14-19)15-24-21(27)22(23)12-3-2-4-13-22;/h5-11,14H,2-4,12-13,15,23H2,1H3,(H,24,27)(H,25,26);1H. The van der Waals surface area contributed by atoms with Gasteiger partial charge in [-0.3, -0.25) is 9.59 Å². The number of aryl methyl sites for hydroxylation is 1. The van der Waals surface area contributed by atoms with Crippen molar-refractivity contribution >= 4 is 29.9 Å². The lowest BCUT2D eigenvalue weighted by Gasteiger charge is -2.31. The summed E-state index contributed by atoms with van der Waals surface area (Å²) in [6, 6.07) is 14.9. The van der Waals surface area contributed by atoms with Crippen molar-refractivity contribution in [1.29, 1.82) is 0 Å². The van der Waals surface area contributed by atoms with Gasteiger partial charge in [-0.2, -0.15) is 0 Å². The lowest BCUT2D eigenvalue weighted by atomic mass is 9.82. The fourth-order valence-electron chi connectivity index (χ4n) is 3.44. The molecule has 1 aliphatic carbocycles. The van der Waals surface area contributed by atoms with Gasteiger partial charge in [0.25, 0.3) is 5.91 Å². The molecule has 2 aromatic rings. The number of hydrogen-bond donors (Lipinski definition) is 3. The molecule has 150 valence electrons. The van der Waals surface area contributed by atoms with E-state index in [1.165, 1.54) is 0 Å². The Kier molecular flexibility index (Phi) is 7.61.